The molecule has 1 saturated heterocycles. The van der Waals surface area contributed by atoms with Crippen molar-refractivity contribution >= 4 is 17.5 Å². The lowest BCUT2D eigenvalue weighted by molar-refractivity contribution is -0.128. The first-order valence-corrected chi connectivity index (χ1v) is 9.07. The van der Waals surface area contributed by atoms with Crippen LogP contribution in [0.25, 0.3) is 0 Å². The van der Waals surface area contributed by atoms with Gasteiger partial charge in [-0.05, 0) is 25.0 Å². The van der Waals surface area contributed by atoms with Crippen molar-refractivity contribution in [2.24, 2.45) is 0 Å². The Bertz CT molecular complexity index is 550. The lowest BCUT2D eigenvalue weighted by Gasteiger charge is -2.21. The zero-order valence-corrected chi connectivity index (χ0v) is 15.4. The molecule has 138 valence electrons. The molecule has 0 aromatic heterocycles. The van der Waals surface area contributed by atoms with Crippen LogP contribution in [0.3, 0.4) is 0 Å². The number of nitrogens with one attached hydrogen (secondary N) is 1. The molecule has 0 spiro atoms. The third-order valence-corrected chi connectivity index (χ3v) is 4.59. The quantitative estimate of drug-likeness (QED) is 0.754. The predicted octanol–water partition coefficient (Wildman–Crippen LogP) is 1.18. The predicted molar refractivity (Wildman–Crippen MR) is 101 cm³/mol. The summed E-state index contributed by atoms with van der Waals surface area (Å²) in [6, 6.07) is 10.2. The van der Waals surface area contributed by atoms with E-state index in [1.54, 1.807) is 6.92 Å². The first-order chi connectivity index (χ1) is 12.1. The molecule has 1 aliphatic heterocycles. The van der Waals surface area contributed by atoms with Crippen LogP contribution in [0.15, 0.2) is 30.3 Å². The summed E-state index contributed by atoms with van der Waals surface area (Å²) in [6.07, 6.45) is 1.84. The van der Waals surface area contributed by atoms with Crippen molar-refractivity contribution in [3.8, 4) is 0 Å². The molecule has 25 heavy (non-hydrogen) atoms. The van der Waals surface area contributed by atoms with Crippen LogP contribution < -0.4 is 10.2 Å². The Hall–Kier alpha value is -2.08. The third-order valence-electron chi connectivity index (χ3n) is 4.59. The fourth-order valence-electron chi connectivity index (χ4n) is 3.06. The minimum absolute atomic E-state index is 0.0682. The van der Waals surface area contributed by atoms with E-state index in [4.69, 9.17) is 0 Å². The number of nitrogens with zero attached hydrogens (tertiary/aromatic N) is 3. The summed E-state index contributed by atoms with van der Waals surface area (Å²) >= 11 is 0. The molecule has 1 aromatic rings. The molecule has 1 N–H and O–H groups in total. The number of carbonyl (C=O) groups excluding carboxylic acids is 2. The molecule has 2 rings (SSSR count). The molecule has 1 fully saturated rings. The molecule has 6 nitrogen and oxygen atoms in total. The van der Waals surface area contributed by atoms with Crippen molar-refractivity contribution in [3.63, 3.8) is 0 Å². The Morgan fingerprint density at radius 3 is 2.60 bits per heavy atom. The Kier molecular flexibility index (Phi) is 7.73. The second-order valence-electron chi connectivity index (χ2n) is 6.60. The Morgan fingerprint density at radius 2 is 1.88 bits per heavy atom. The maximum Gasteiger partial charge on any atom is 0.234 e. The van der Waals surface area contributed by atoms with E-state index >= 15 is 0 Å². The van der Waals surface area contributed by atoms with Crippen molar-refractivity contribution < 1.29 is 9.59 Å². The fourth-order valence-corrected chi connectivity index (χ4v) is 3.06. The average molecular weight is 346 g/mol. The summed E-state index contributed by atoms with van der Waals surface area (Å²) in [6.45, 7) is 6.75. The molecule has 1 aliphatic rings. The lowest BCUT2D eigenvalue weighted by Crippen LogP contribution is -2.40. The van der Waals surface area contributed by atoms with E-state index in [2.05, 4.69) is 34.3 Å². The zero-order valence-electron chi connectivity index (χ0n) is 15.4. The van der Waals surface area contributed by atoms with Crippen molar-refractivity contribution in [2.75, 3.05) is 57.8 Å². The second kappa shape index (κ2) is 10.0. The molecule has 0 unspecified atom stereocenters. The third kappa shape index (κ3) is 6.74. The fraction of sp³-hybridized carbons (Fsp3) is 0.579. The number of hydrogen-bond donors (Lipinski definition) is 1. The highest BCUT2D eigenvalue weighted by Gasteiger charge is 2.18. The van der Waals surface area contributed by atoms with E-state index in [0.29, 0.717) is 19.6 Å². The van der Waals surface area contributed by atoms with Crippen LogP contribution in [-0.4, -0.2) is 74.5 Å². The van der Waals surface area contributed by atoms with Crippen LogP contribution in [0, 0.1) is 0 Å². The van der Waals surface area contributed by atoms with E-state index in [1.165, 1.54) is 5.69 Å². The van der Waals surface area contributed by atoms with Crippen molar-refractivity contribution in [1.29, 1.82) is 0 Å². The minimum atomic E-state index is 0.0682. The highest BCUT2D eigenvalue weighted by atomic mass is 16.2. The smallest absolute Gasteiger partial charge is 0.234 e. The van der Waals surface area contributed by atoms with Gasteiger partial charge in [0.25, 0.3) is 0 Å². The van der Waals surface area contributed by atoms with Gasteiger partial charge in [-0.1, -0.05) is 18.2 Å². The maximum atomic E-state index is 12.1. The monoisotopic (exact) mass is 346 g/mol. The molecule has 1 aromatic carbocycles. The summed E-state index contributed by atoms with van der Waals surface area (Å²) in [7, 11) is 2.06. The van der Waals surface area contributed by atoms with Crippen molar-refractivity contribution in [2.45, 2.75) is 19.8 Å². The van der Waals surface area contributed by atoms with Gasteiger partial charge in [0.2, 0.25) is 11.8 Å². The molecular weight excluding hydrogens is 316 g/mol. The van der Waals surface area contributed by atoms with Gasteiger partial charge in [-0.25, -0.2) is 0 Å². The lowest BCUT2D eigenvalue weighted by atomic mass is 10.3. The van der Waals surface area contributed by atoms with Crippen LogP contribution in [0.1, 0.15) is 19.8 Å². The van der Waals surface area contributed by atoms with Gasteiger partial charge in [0.15, 0.2) is 0 Å². The zero-order chi connectivity index (χ0) is 18.1. The topological polar surface area (TPSA) is 55.9 Å². The molecule has 0 aliphatic carbocycles. The normalized spacial score (nSPS) is 15.5. The molecule has 0 bridgehead atoms. The standard InChI is InChI=1S/C19H30N4O2/c1-17(24)23-13-7-12-22(14-15-23)16-19(25)20-10-6-11-21(2)18-8-4-3-5-9-18/h3-5,8-9H,6-7,10-16H2,1-2H3,(H,20,25). The van der Waals surface area contributed by atoms with Crippen molar-refractivity contribution in [3.05, 3.63) is 30.3 Å². The van der Waals surface area contributed by atoms with Gasteiger partial charge in [-0.3, -0.25) is 14.5 Å². The number of hydrogen-bond acceptors (Lipinski definition) is 4. The first-order valence-electron chi connectivity index (χ1n) is 9.07. The molecule has 0 saturated carbocycles. The molecular formula is C19H30N4O2. The van der Waals surface area contributed by atoms with E-state index < -0.39 is 0 Å². The van der Waals surface area contributed by atoms with Crippen LogP contribution >= 0.6 is 0 Å². The van der Waals surface area contributed by atoms with E-state index in [0.717, 1.165) is 39.0 Å². The van der Waals surface area contributed by atoms with Crippen LogP contribution in [0.4, 0.5) is 5.69 Å². The number of amides is 2. The summed E-state index contributed by atoms with van der Waals surface area (Å²) in [5.74, 6) is 0.187. The Labute approximate surface area is 150 Å². The van der Waals surface area contributed by atoms with Crippen LogP contribution in [0.5, 0.6) is 0 Å². The largest absolute Gasteiger partial charge is 0.375 e. The van der Waals surface area contributed by atoms with E-state index in [1.807, 2.05) is 23.1 Å². The number of anilines is 1. The van der Waals surface area contributed by atoms with Crippen molar-refractivity contribution in [1.82, 2.24) is 15.1 Å². The van der Waals surface area contributed by atoms with Gasteiger partial charge in [-0.2, -0.15) is 0 Å². The number of carbonyl (C=O) groups is 2. The van der Waals surface area contributed by atoms with Gasteiger partial charge in [0.05, 0.1) is 6.54 Å². The number of rotatable bonds is 7. The van der Waals surface area contributed by atoms with Gasteiger partial charge < -0.3 is 15.1 Å². The maximum absolute atomic E-state index is 12.1. The molecule has 0 atom stereocenters. The van der Waals surface area contributed by atoms with E-state index in [9.17, 15) is 9.59 Å². The van der Waals surface area contributed by atoms with Gasteiger partial charge in [0.1, 0.15) is 0 Å². The highest BCUT2D eigenvalue weighted by molar-refractivity contribution is 5.78. The summed E-state index contributed by atoms with van der Waals surface area (Å²) in [5, 5.41) is 3.00. The summed E-state index contributed by atoms with van der Waals surface area (Å²) in [4.78, 5) is 29.7. The Balaban J connectivity index is 1.61. The molecule has 1 heterocycles. The summed E-state index contributed by atoms with van der Waals surface area (Å²) in [5.41, 5.74) is 1.19. The number of benzene rings is 1. The van der Waals surface area contributed by atoms with Gasteiger partial charge in [-0.15, -0.1) is 0 Å². The Morgan fingerprint density at radius 1 is 1.12 bits per heavy atom. The first kappa shape index (κ1) is 19.2. The van der Waals surface area contributed by atoms with Gasteiger partial charge in [0, 0.05) is 58.9 Å². The number of para-hydroxylation sites is 1. The molecule has 0 radical (unpaired) electrons. The molecule has 2 amide bonds. The summed E-state index contributed by atoms with van der Waals surface area (Å²) < 4.78 is 0. The SMILES string of the molecule is CC(=O)N1CCCN(CC(=O)NCCCN(C)c2ccccc2)CC1. The van der Waals surface area contributed by atoms with Crippen LogP contribution in [0.2, 0.25) is 0 Å². The second-order valence-corrected chi connectivity index (χ2v) is 6.60. The minimum Gasteiger partial charge on any atom is -0.375 e. The average Bonchev–Trinajstić information content (AvgIpc) is 2.85. The van der Waals surface area contributed by atoms with Gasteiger partial charge >= 0.3 is 0 Å². The van der Waals surface area contributed by atoms with E-state index in [-0.39, 0.29) is 11.8 Å². The highest BCUT2D eigenvalue weighted by Crippen LogP contribution is 2.10. The van der Waals surface area contributed by atoms with Crippen LogP contribution in [-0.2, 0) is 9.59 Å². The molecule has 6 heteroatoms.